The van der Waals surface area contributed by atoms with Gasteiger partial charge in [-0.2, -0.15) is 10.2 Å². The Balaban J connectivity index is 3.10. The van der Waals surface area contributed by atoms with Crippen LogP contribution in [0.3, 0.4) is 0 Å². The van der Waals surface area contributed by atoms with Gasteiger partial charge in [-0.05, 0) is 27.7 Å². The topological polar surface area (TPSA) is 109 Å². The third kappa shape index (κ3) is 3.35. The number of rotatable bonds is 3. The number of amides is 2. The molecule has 1 aliphatic rings. The first-order valence-electron chi connectivity index (χ1n) is 6.58. The van der Waals surface area contributed by atoms with Crippen LogP contribution >= 0.6 is 0 Å². The van der Waals surface area contributed by atoms with Crippen molar-refractivity contribution in [1.82, 2.24) is 10.1 Å². The molecule has 1 atom stereocenters. The van der Waals surface area contributed by atoms with Gasteiger partial charge in [-0.25, -0.2) is 9.80 Å². The van der Waals surface area contributed by atoms with Crippen LogP contribution in [-0.4, -0.2) is 64.3 Å². The van der Waals surface area contributed by atoms with Crippen molar-refractivity contribution >= 4 is 23.7 Å². The Kier molecular flexibility index (Phi) is 4.81. The molecule has 0 fully saturated rings. The van der Waals surface area contributed by atoms with Crippen molar-refractivity contribution in [2.24, 2.45) is 5.10 Å². The maximum atomic E-state index is 12.3. The first kappa shape index (κ1) is 17.9. The minimum Gasteiger partial charge on any atom is -0.469 e. The Morgan fingerprint density at radius 2 is 1.95 bits per heavy atom. The number of hydrogen-bond donors (Lipinski definition) is 1. The fraction of sp³-hybridized carbons (Fsp3) is 0.692. The van der Waals surface area contributed by atoms with Gasteiger partial charge in [0.05, 0.1) is 19.2 Å². The average molecular weight is 315 g/mol. The molecule has 1 unspecified atom stereocenters. The highest BCUT2D eigenvalue weighted by molar-refractivity contribution is 6.21. The number of hydrazone groups is 1. The second-order valence-corrected chi connectivity index (χ2v) is 5.99. The van der Waals surface area contributed by atoms with Crippen molar-refractivity contribution < 1.29 is 29.1 Å². The van der Waals surface area contributed by atoms with E-state index < -0.39 is 29.1 Å². The van der Waals surface area contributed by atoms with Gasteiger partial charge in [-0.1, -0.05) is 0 Å². The van der Waals surface area contributed by atoms with E-state index in [1.165, 1.54) is 21.1 Å². The highest BCUT2D eigenvalue weighted by Crippen LogP contribution is 2.28. The van der Waals surface area contributed by atoms with Crippen LogP contribution in [0.15, 0.2) is 5.10 Å². The smallest absolute Gasteiger partial charge is 0.435 e. The van der Waals surface area contributed by atoms with Crippen molar-refractivity contribution in [2.45, 2.75) is 45.3 Å². The summed E-state index contributed by atoms with van der Waals surface area (Å²) in [5, 5.41) is 15.2. The molecule has 0 aromatic carbocycles. The number of esters is 1. The van der Waals surface area contributed by atoms with Crippen LogP contribution in [0, 0.1) is 0 Å². The van der Waals surface area contributed by atoms with E-state index in [4.69, 9.17) is 4.74 Å². The van der Waals surface area contributed by atoms with Crippen molar-refractivity contribution in [3.05, 3.63) is 0 Å². The lowest BCUT2D eigenvalue weighted by atomic mass is 9.93. The zero-order valence-electron chi connectivity index (χ0n) is 13.5. The molecular weight excluding hydrogens is 294 g/mol. The fourth-order valence-corrected chi connectivity index (χ4v) is 1.88. The molecule has 22 heavy (non-hydrogen) atoms. The molecule has 1 N–H and O–H groups in total. The number of hydrogen-bond acceptors (Lipinski definition) is 7. The van der Waals surface area contributed by atoms with Crippen LogP contribution in [-0.2, 0) is 19.1 Å². The molecular formula is C13H21N3O6. The molecule has 0 aliphatic carbocycles. The molecule has 9 nitrogen and oxygen atoms in total. The van der Waals surface area contributed by atoms with Crippen molar-refractivity contribution in [3.63, 3.8) is 0 Å². The lowest BCUT2D eigenvalue weighted by Gasteiger charge is -2.33. The van der Waals surface area contributed by atoms with Gasteiger partial charge in [0.25, 0.3) is 5.91 Å². The van der Waals surface area contributed by atoms with E-state index in [2.05, 4.69) is 9.84 Å². The number of carbonyl (C=O) groups excluding carboxylic acids is 3. The predicted molar refractivity (Wildman–Crippen MR) is 75.1 cm³/mol. The molecule has 9 heteroatoms. The first-order valence-corrected chi connectivity index (χ1v) is 6.58. The summed E-state index contributed by atoms with van der Waals surface area (Å²) in [5.41, 5.74) is -2.70. The minimum atomic E-state index is -1.83. The molecule has 0 saturated heterocycles. The standard InChI is InChI=1S/C13H21N3O6/c1-12(2,3)22-11(19)16(20)13(4)8(7-9(17)21-6)14-15(5)10(13)18/h20H,7H2,1-6H3. The summed E-state index contributed by atoms with van der Waals surface area (Å²) in [6.07, 6.45) is -1.46. The largest absolute Gasteiger partial charge is 0.469 e. The van der Waals surface area contributed by atoms with Crippen LogP contribution in [0.4, 0.5) is 4.79 Å². The van der Waals surface area contributed by atoms with E-state index in [1.54, 1.807) is 20.8 Å². The average Bonchev–Trinajstić information content (AvgIpc) is 2.61. The van der Waals surface area contributed by atoms with E-state index in [9.17, 15) is 19.6 Å². The number of likely N-dealkylation sites (N-methyl/N-ethyl adjacent to an activating group) is 1. The monoisotopic (exact) mass is 315 g/mol. The van der Waals surface area contributed by atoms with E-state index in [1.807, 2.05) is 0 Å². The third-order valence-electron chi connectivity index (χ3n) is 3.07. The molecule has 0 saturated carbocycles. The highest BCUT2D eigenvalue weighted by atomic mass is 16.6. The number of carbonyl (C=O) groups is 3. The third-order valence-corrected chi connectivity index (χ3v) is 3.07. The summed E-state index contributed by atoms with van der Waals surface area (Å²) in [7, 11) is 2.54. The lowest BCUT2D eigenvalue weighted by molar-refractivity contribution is -0.162. The summed E-state index contributed by atoms with van der Waals surface area (Å²) in [4.78, 5) is 35.7. The Hall–Kier alpha value is -2.16. The molecule has 0 aromatic rings. The number of nitrogens with zero attached hydrogens (tertiary/aromatic N) is 3. The quantitative estimate of drug-likeness (QED) is 0.468. The maximum Gasteiger partial charge on any atom is 0.435 e. The zero-order valence-corrected chi connectivity index (χ0v) is 13.5. The number of methoxy groups -OCH3 is 1. The van der Waals surface area contributed by atoms with Crippen LogP contribution in [0.2, 0.25) is 0 Å². The molecule has 2 amide bonds. The summed E-state index contributed by atoms with van der Waals surface area (Å²) in [6, 6.07) is 0. The molecule has 0 bridgehead atoms. The molecule has 0 spiro atoms. The normalized spacial score (nSPS) is 21.5. The van der Waals surface area contributed by atoms with Crippen LogP contribution < -0.4 is 0 Å². The Bertz CT molecular complexity index is 524. The van der Waals surface area contributed by atoms with E-state index in [0.29, 0.717) is 0 Å². The predicted octanol–water partition coefficient (Wildman–Crippen LogP) is 0.762. The van der Waals surface area contributed by atoms with Gasteiger partial charge < -0.3 is 9.47 Å². The van der Waals surface area contributed by atoms with Gasteiger partial charge in [-0.15, -0.1) is 0 Å². The zero-order chi connectivity index (χ0) is 17.3. The molecule has 1 rings (SSSR count). The van der Waals surface area contributed by atoms with Crippen molar-refractivity contribution in [2.75, 3.05) is 14.2 Å². The summed E-state index contributed by atoms with van der Waals surface area (Å²) in [5.74, 6) is -1.31. The van der Waals surface area contributed by atoms with Gasteiger partial charge >= 0.3 is 12.1 Å². The Morgan fingerprint density at radius 3 is 2.41 bits per heavy atom. The van der Waals surface area contributed by atoms with Crippen molar-refractivity contribution in [3.8, 4) is 0 Å². The SMILES string of the molecule is COC(=O)CC1=NN(C)C(=O)C1(C)N(O)C(=O)OC(C)(C)C. The summed E-state index contributed by atoms with van der Waals surface area (Å²) < 4.78 is 9.57. The minimum absolute atomic E-state index is 0.0137. The van der Waals surface area contributed by atoms with E-state index in [0.717, 1.165) is 5.01 Å². The van der Waals surface area contributed by atoms with Crippen molar-refractivity contribution in [1.29, 1.82) is 0 Å². The fourth-order valence-electron chi connectivity index (χ4n) is 1.88. The maximum absolute atomic E-state index is 12.3. The second-order valence-electron chi connectivity index (χ2n) is 5.99. The van der Waals surface area contributed by atoms with Gasteiger partial charge in [0.15, 0.2) is 5.54 Å². The van der Waals surface area contributed by atoms with Gasteiger partial charge in [-0.3, -0.25) is 14.8 Å². The molecule has 0 aromatic heterocycles. The van der Waals surface area contributed by atoms with Crippen LogP contribution in [0.25, 0.3) is 0 Å². The molecule has 0 radical (unpaired) electrons. The van der Waals surface area contributed by atoms with E-state index >= 15 is 0 Å². The molecule has 124 valence electrons. The lowest BCUT2D eigenvalue weighted by Crippen LogP contribution is -2.59. The Labute approximate surface area is 128 Å². The highest BCUT2D eigenvalue weighted by Gasteiger charge is 2.54. The number of ether oxygens (including phenoxy) is 2. The summed E-state index contributed by atoms with van der Waals surface area (Å²) in [6.45, 7) is 6.14. The van der Waals surface area contributed by atoms with Gasteiger partial charge in [0, 0.05) is 7.05 Å². The first-order chi connectivity index (χ1) is 9.93. The van der Waals surface area contributed by atoms with Gasteiger partial charge in [0.1, 0.15) is 5.60 Å². The van der Waals surface area contributed by atoms with E-state index in [-0.39, 0.29) is 17.2 Å². The molecule has 1 heterocycles. The second kappa shape index (κ2) is 5.91. The van der Waals surface area contributed by atoms with Crippen LogP contribution in [0.1, 0.15) is 34.1 Å². The Morgan fingerprint density at radius 1 is 1.41 bits per heavy atom. The summed E-state index contributed by atoms with van der Waals surface area (Å²) >= 11 is 0. The number of hydroxylamine groups is 2. The molecule has 1 aliphatic heterocycles. The van der Waals surface area contributed by atoms with Gasteiger partial charge in [0.2, 0.25) is 0 Å². The van der Waals surface area contributed by atoms with Crippen LogP contribution in [0.5, 0.6) is 0 Å².